The molecular weight excluding hydrogens is 522 g/mol. The average Bonchev–Trinajstić information content (AvgIpc) is 2.69. The van der Waals surface area contributed by atoms with Crippen molar-refractivity contribution in [3.63, 3.8) is 0 Å². The largest absolute Gasteiger partial charge is 0.300 e. The van der Waals surface area contributed by atoms with E-state index in [-0.39, 0.29) is 46.1 Å². The molecule has 3 aromatic rings. The molecule has 0 saturated heterocycles. The van der Waals surface area contributed by atoms with Crippen molar-refractivity contribution in [3.05, 3.63) is 52.4 Å². The molecule has 0 N–H and O–H groups in total. The monoisotopic (exact) mass is 574 g/mol. The molecule has 3 rings (SSSR count). The van der Waals surface area contributed by atoms with Crippen LogP contribution in [0.25, 0.3) is 0 Å². The minimum atomic E-state index is -0.0625. The standard InChI is InChI=1S/C12H17N6.C6H9N3.C5H8O2.C3H6O.3CH4/c1-7-13-8(2)16-11(15-7)6-12-17-9(3)14-10(4)18(12)5;1-4-7-5(2)9-6(3)8-4;1-4(6)3-5(2)7;1-3(2)4;;;/h6H2,1-5H3;1-3H3;3H2,1-2H3;1-2H3;3*1H4/q+1;;;;;;. The summed E-state index contributed by atoms with van der Waals surface area (Å²) in [7, 11) is 1.95. The van der Waals surface area contributed by atoms with Gasteiger partial charge in [0.25, 0.3) is 5.82 Å². The van der Waals surface area contributed by atoms with Crippen LogP contribution in [-0.2, 0) is 27.9 Å². The molecule has 12 heteroatoms. The molecule has 0 atom stereocenters. The van der Waals surface area contributed by atoms with Gasteiger partial charge in [-0.25, -0.2) is 34.5 Å². The van der Waals surface area contributed by atoms with Crippen LogP contribution in [0.3, 0.4) is 0 Å². The predicted molar refractivity (Wildman–Crippen MR) is 161 cm³/mol. The first-order valence-electron chi connectivity index (χ1n) is 12.0. The summed E-state index contributed by atoms with van der Waals surface area (Å²) in [5.41, 5.74) is 0. The number of carbonyl (C=O) groups excluding carboxylic acids is 3. The van der Waals surface area contributed by atoms with E-state index >= 15 is 0 Å². The number of aryl methyl sites for hydroxylation is 7. The van der Waals surface area contributed by atoms with Crippen LogP contribution in [0, 0.1) is 48.5 Å². The first kappa shape index (κ1) is 44.1. The Morgan fingerprint density at radius 3 is 1.12 bits per heavy atom. The van der Waals surface area contributed by atoms with E-state index in [1.165, 1.54) is 27.7 Å². The van der Waals surface area contributed by atoms with Gasteiger partial charge in [-0.3, -0.25) is 9.59 Å². The highest BCUT2D eigenvalue weighted by molar-refractivity contribution is 5.96. The van der Waals surface area contributed by atoms with Crippen molar-refractivity contribution in [2.24, 2.45) is 7.05 Å². The summed E-state index contributed by atoms with van der Waals surface area (Å²) in [6, 6.07) is 0. The molecule has 0 saturated carbocycles. The molecule has 41 heavy (non-hydrogen) atoms. The second kappa shape index (κ2) is 21.8. The number of aromatic nitrogens is 9. The molecule has 0 radical (unpaired) electrons. The normalized spacial score (nSPS) is 8.88. The number of Topliss-reactive ketones (excluding diaryl/α,β-unsaturated/α-hetero) is 3. The van der Waals surface area contributed by atoms with Crippen LogP contribution in [0.4, 0.5) is 0 Å². The third-order valence-electron chi connectivity index (χ3n) is 4.18. The number of hydrogen-bond donors (Lipinski definition) is 0. The number of carbonyl (C=O) groups is 3. The Hall–Kier alpha value is -3.96. The topological polar surface area (TPSA) is 158 Å². The zero-order valence-electron chi connectivity index (χ0n) is 24.7. The lowest BCUT2D eigenvalue weighted by atomic mass is 10.2. The second-order valence-electron chi connectivity index (χ2n) is 8.78. The van der Waals surface area contributed by atoms with E-state index < -0.39 is 0 Å². The van der Waals surface area contributed by atoms with Crippen LogP contribution in [0.5, 0.6) is 0 Å². The fraction of sp³-hybridized carbons (Fsp3) is 0.586. The van der Waals surface area contributed by atoms with Crippen molar-refractivity contribution < 1.29 is 19.0 Å². The highest BCUT2D eigenvalue weighted by Crippen LogP contribution is 2.01. The smallest absolute Gasteiger partial charge is 0.273 e. The van der Waals surface area contributed by atoms with Gasteiger partial charge in [0.05, 0.1) is 19.9 Å². The minimum Gasteiger partial charge on any atom is -0.300 e. The third kappa shape index (κ3) is 21.5. The van der Waals surface area contributed by atoms with Gasteiger partial charge < -0.3 is 4.79 Å². The maximum absolute atomic E-state index is 10.0. The maximum Gasteiger partial charge on any atom is 0.273 e. The molecule has 3 aromatic heterocycles. The Morgan fingerprint density at radius 2 is 0.829 bits per heavy atom. The minimum absolute atomic E-state index is 0. The van der Waals surface area contributed by atoms with Crippen molar-refractivity contribution in [1.82, 2.24) is 39.9 Å². The third-order valence-corrected chi connectivity index (χ3v) is 4.18. The molecule has 230 valence electrons. The number of hydrogen-bond acceptors (Lipinski definition) is 11. The van der Waals surface area contributed by atoms with Gasteiger partial charge in [-0.15, -0.1) is 0 Å². The van der Waals surface area contributed by atoms with Gasteiger partial charge in [-0.1, -0.05) is 32.2 Å². The Kier molecular flexibility index (Phi) is 23.4. The molecule has 0 spiro atoms. The zero-order chi connectivity index (χ0) is 29.6. The van der Waals surface area contributed by atoms with Crippen LogP contribution in [-0.4, -0.2) is 57.2 Å². The Balaban J connectivity index is -0.000000253. The highest BCUT2D eigenvalue weighted by Gasteiger charge is 2.16. The maximum atomic E-state index is 10.0. The van der Waals surface area contributed by atoms with Crippen molar-refractivity contribution in [2.75, 3.05) is 0 Å². The van der Waals surface area contributed by atoms with Crippen molar-refractivity contribution in [2.45, 2.75) is 111 Å². The van der Waals surface area contributed by atoms with E-state index in [1.54, 1.807) is 0 Å². The highest BCUT2D eigenvalue weighted by atomic mass is 16.1. The molecule has 0 fully saturated rings. The van der Waals surface area contributed by atoms with E-state index in [0.717, 1.165) is 52.4 Å². The Morgan fingerprint density at radius 1 is 0.537 bits per heavy atom. The SMILES string of the molecule is C.C.C.CC(=O)CC(C)=O.CC(C)=O.Cc1nc(C)nc(C)n1.Cc1nc(C)nc(Cc2nc(C)nc(C)[n+]2C)n1. The van der Waals surface area contributed by atoms with Crippen LogP contribution in [0.1, 0.15) is 109 Å². The summed E-state index contributed by atoms with van der Waals surface area (Å²) in [6.45, 7) is 19.0. The van der Waals surface area contributed by atoms with Gasteiger partial charge in [0.2, 0.25) is 11.6 Å². The van der Waals surface area contributed by atoms with Gasteiger partial charge >= 0.3 is 0 Å². The first-order chi connectivity index (χ1) is 17.5. The van der Waals surface area contributed by atoms with E-state index in [4.69, 9.17) is 0 Å². The molecule has 0 aliphatic rings. The predicted octanol–water partition coefficient (Wildman–Crippen LogP) is 4.17. The van der Waals surface area contributed by atoms with Gasteiger partial charge in [0.1, 0.15) is 52.3 Å². The van der Waals surface area contributed by atoms with Crippen LogP contribution < -0.4 is 4.57 Å². The van der Waals surface area contributed by atoms with E-state index in [2.05, 4.69) is 39.9 Å². The molecule has 0 aliphatic heterocycles. The van der Waals surface area contributed by atoms with Crippen LogP contribution >= 0.6 is 0 Å². The zero-order valence-corrected chi connectivity index (χ0v) is 24.7. The lowest BCUT2D eigenvalue weighted by Gasteiger charge is -2.03. The van der Waals surface area contributed by atoms with Gasteiger partial charge in [0.15, 0.2) is 0 Å². The van der Waals surface area contributed by atoms with E-state index in [1.807, 2.05) is 60.1 Å². The summed E-state index contributed by atoms with van der Waals surface area (Å²) in [6.07, 6.45) is 0.672. The average molecular weight is 575 g/mol. The van der Waals surface area contributed by atoms with Crippen molar-refractivity contribution in [1.29, 1.82) is 0 Å². The first-order valence-corrected chi connectivity index (χ1v) is 12.0. The van der Waals surface area contributed by atoms with E-state index in [0.29, 0.717) is 6.42 Å². The molecule has 0 aromatic carbocycles. The van der Waals surface area contributed by atoms with Gasteiger partial charge in [-0.2, -0.15) is 0 Å². The summed E-state index contributed by atoms with van der Waals surface area (Å²) >= 11 is 0. The Bertz CT molecular complexity index is 1180. The molecule has 0 bridgehead atoms. The lowest BCUT2D eigenvalue weighted by molar-refractivity contribution is -0.691. The second-order valence-corrected chi connectivity index (χ2v) is 8.78. The molecule has 0 unspecified atom stereocenters. The van der Waals surface area contributed by atoms with Crippen LogP contribution in [0.15, 0.2) is 0 Å². The number of nitrogens with zero attached hydrogens (tertiary/aromatic N) is 9. The summed E-state index contributed by atoms with van der Waals surface area (Å²) in [4.78, 5) is 63.1. The number of rotatable bonds is 4. The molecule has 0 amide bonds. The molecule has 12 nitrogen and oxygen atoms in total. The van der Waals surface area contributed by atoms with Crippen molar-refractivity contribution in [3.8, 4) is 0 Å². The summed E-state index contributed by atoms with van der Waals surface area (Å²) in [5, 5.41) is 0. The lowest BCUT2D eigenvalue weighted by Crippen LogP contribution is -2.40. The molecule has 3 heterocycles. The summed E-state index contributed by atoms with van der Waals surface area (Å²) < 4.78 is 1.96. The fourth-order valence-corrected chi connectivity index (χ4v) is 2.97. The molecular formula is C29H52N9O3+. The summed E-state index contributed by atoms with van der Waals surface area (Å²) in [5.74, 6) is 7.24. The van der Waals surface area contributed by atoms with Gasteiger partial charge in [-0.05, 0) is 62.3 Å². The van der Waals surface area contributed by atoms with Gasteiger partial charge in [0, 0.05) is 13.8 Å². The quantitative estimate of drug-likeness (QED) is 0.325. The fourth-order valence-electron chi connectivity index (χ4n) is 2.97. The van der Waals surface area contributed by atoms with Crippen molar-refractivity contribution >= 4 is 17.3 Å². The number of ketones is 3. The van der Waals surface area contributed by atoms with E-state index in [9.17, 15) is 14.4 Å². The van der Waals surface area contributed by atoms with Crippen LogP contribution in [0.2, 0.25) is 0 Å². The molecule has 0 aliphatic carbocycles. The Labute approximate surface area is 247 Å².